The molecular formula is C16H17N3O2. The third-order valence-corrected chi connectivity index (χ3v) is 3.11. The molecule has 5 heteroatoms. The molecule has 0 saturated heterocycles. The van der Waals surface area contributed by atoms with Crippen LogP contribution in [0, 0.1) is 11.3 Å². The molecular weight excluding hydrogens is 266 g/mol. The molecule has 0 atom stereocenters. The molecule has 0 spiro atoms. The number of aromatic nitrogens is 1. The highest BCUT2D eigenvalue weighted by Crippen LogP contribution is 2.19. The van der Waals surface area contributed by atoms with Crippen LogP contribution in [0.1, 0.15) is 29.4 Å². The zero-order chi connectivity index (χ0) is 15.2. The van der Waals surface area contributed by atoms with Gasteiger partial charge in [-0.3, -0.25) is 4.79 Å². The van der Waals surface area contributed by atoms with Crippen LogP contribution in [0.5, 0.6) is 5.75 Å². The number of ether oxygens (including phenoxy) is 1. The first-order chi connectivity index (χ1) is 10.2. The molecule has 0 unspecified atom stereocenters. The van der Waals surface area contributed by atoms with E-state index in [1.54, 1.807) is 23.9 Å². The van der Waals surface area contributed by atoms with Crippen molar-refractivity contribution in [2.75, 3.05) is 13.7 Å². The van der Waals surface area contributed by atoms with Crippen LogP contribution >= 0.6 is 0 Å². The maximum atomic E-state index is 12.3. The Morgan fingerprint density at radius 1 is 1.33 bits per heavy atom. The van der Waals surface area contributed by atoms with Crippen LogP contribution in [0.25, 0.3) is 5.69 Å². The summed E-state index contributed by atoms with van der Waals surface area (Å²) in [6, 6.07) is 11.0. The molecule has 1 aromatic carbocycles. The van der Waals surface area contributed by atoms with Crippen LogP contribution in [0.3, 0.4) is 0 Å². The third kappa shape index (κ3) is 3.06. The molecule has 2 rings (SSSR count). The molecule has 0 saturated carbocycles. The van der Waals surface area contributed by atoms with Crippen LogP contribution in [0.4, 0.5) is 0 Å². The molecule has 2 aromatic rings. The van der Waals surface area contributed by atoms with Gasteiger partial charge >= 0.3 is 0 Å². The molecule has 1 amide bonds. The summed E-state index contributed by atoms with van der Waals surface area (Å²) >= 11 is 0. The van der Waals surface area contributed by atoms with E-state index in [4.69, 9.17) is 4.74 Å². The molecule has 0 fully saturated rings. The number of carbonyl (C=O) groups is 1. The number of hydrogen-bond donors (Lipinski definition) is 1. The largest absolute Gasteiger partial charge is 0.497 e. The van der Waals surface area contributed by atoms with Crippen molar-refractivity contribution in [1.82, 2.24) is 9.88 Å². The fraction of sp³-hybridized carbons (Fsp3) is 0.250. The Labute approximate surface area is 123 Å². The molecule has 1 aromatic heterocycles. The molecule has 21 heavy (non-hydrogen) atoms. The topological polar surface area (TPSA) is 67.0 Å². The average molecular weight is 283 g/mol. The molecule has 0 aliphatic carbocycles. The Balaban J connectivity index is 2.41. The van der Waals surface area contributed by atoms with E-state index in [0.29, 0.717) is 17.8 Å². The van der Waals surface area contributed by atoms with Gasteiger partial charge in [0.25, 0.3) is 5.91 Å². The summed E-state index contributed by atoms with van der Waals surface area (Å²) in [5.41, 5.74) is 1.52. The lowest BCUT2D eigenvalue weighted by Gasteiger charge is -2.10. The summed E-state index contributed by atoms with van der Waals surface area (Å²) in [6.07, 6.45) is 2.57. The molecule has 1 heterocycles. The maximum absolute atomic E-state index is 12.3. The Morgan fingerprint density at radius 3 is 2.62 bits per heavy atom. The van der Waals surface area contributed by atoms with E-state index < -0.39 is 0 Å². The highest BCUT2D eigenvalue weighted by molar-refractivity contribution is 5.95. The van der Waals surface area contributed by atoms with Crippen molar-refractivity contribution in [1.29, 1.82) is 5.26 Å². The second kappa shape index (κ2) is 6.62. The summed E-state index contributed by atoms with van der Waals surface area (Å²) < 4.78 is 6.83. The van der Waals surface area contributed by atoms with Gasteiger partial charge in [0.05, 0.1) is 12.7 Å². The van der Waals surface area contributed by atoms with Gasteiger partial charge in [0.1, 0.15) is 17.5 Å². The summed E-state index contributed by atoms with van der Waals surface area (Å²) in [5, 5.41) is 12.0. The molecule has 0 bridgehead atoms. The van der Waals surface area contributed by atoms with E-state index in [2.05, 4.69) is 11.4 Å². The van der Waals surface area contributed by atoms with Crippen LogP contribution in [0.2, 0.25) is 0 Å². The first-order valence-electron chi connectivity index (χ1n) is 6.75. The lowest BCUT2D eigenvalue weighted by atomic mass is 10.2. The Hall–Kier alpha value is -2.74. The normalized spacial score (nSPS) is 9.95. The van der Waals surface area contributed by atoms with E-state index in [1.165, 1.54) is 0 Å². The van der Waals surface area contributed by atoms with Crippen LogP contribution < -0.4 is 10.1 Å². The van der Waals surface area contributed by atoms with E-state index in [1.807, 2.05) is 31.2 Å². The van der Waals surface area contributed by atoms with Gasteiger partial charge in [-0.2, -0.15) is 5.26 Å². The smallest absolute Gasteiger partial charge is 0.269 e. The lowest BCUT2D eigenvalue weighted by Crippen LogP contribution is -2.26. The van der Waals surface area contributed by atoms with Gasteiger partial charge in [-0.1, -0.05) is 6.92 Å². The van der Waals surface area contributed by atoms with Gasteiger partial charge in [-0.05, 0) is 36.8 Å². The lowest BCUT2D eigenvalue weighted by molar-refractivity contribution is 0.0946. The average Bonchev–Trinajstić information content (AvgIpc) is 2.96. The molecule has 0 aliphatic rings. The Kier molecular flexibility index (Phi) is 4.62. The number of methoxy groups -OCH3 is 1. The fourth-order valence-electron chi connectivity index (χ4n) is 2.03. The monoisotopic (exact) mass is 283 g/mol. The second-order valence-electron chi connectivity index (χ2n) is 4.51. The van der Waals surface area contributed by atoms with Crippen LogP contribution in [-0.4, -0.2) is 24.1 Å². The Bertz CT molecular complexity index is 666. The van der Waals surface area contributed by atoms with Crippen molar-refractivity contribution in [2.24, 2.45) is 0 Å². The third-order valence-electron chi connectivity index (χ3n) is 3.11. The van der Waals surface area contributed by atoms with E-state index in [-0.39, 0.29) is 5.91 Å². The highest BCUT2D eigenvalue weighted by atomic mass is 16.5. The number of hydrogen-bond acceptors (Lipinski definition) is 3. The standard InChI is InChI=1S/C16H17N3O2/c1-3-9-18-16(20)15-12(11-17)8-10-19(15)13-4-6-14(21-2)7-5-13/h4-8,10H,3,9H2,1-2H3,(H,18,20). The number of rotatable bonds is 5. The highest BCUT2D eigenvalue weighted by Gasteiger charge is 2.17. The molecule has 108 valence electrons. The summed E-state index contributed by atoms with van der Waals surface area (Å²) in [4.78, 5) is 12.3. The van der Waals surface area contributed by atoms with E-state index >= 15 is 0 Å². The molecule has 0 radical (unpaired) electrons. The molecule has 1 N–H and O–H groups in total. The zero-order valence-electron chi connectivity index (χ0n) is 12.1. The number of nitrogens with one attached hydrogen (secondary N) is 1. The van der Waals surface area contributed by atoms with Gasteiger partial charge in [-0.15, -0.1) is 0 Å². The summed E-state index contributed by atoms with van der Waals surface area (Å²) in [5.74, 6) is 0.498. The number of carbonyl (C=O) groups excluding carboxylic acids is 1. The second-order valence-corrected chi connectivity index (χ2v) is 4.51. The van der Waals surface area contributed by atoms with Gasteiger partial charge in [0.2, 0.25) is 0 Å². The van der Waals surface area contributed by atoms with Crippen molar-refractivity contribution in [3.05, 3.63) is 47.8 Å². The minimum Gasteiger partial charge on any atom is -0.497 e. The minimum absolute atomic E-state index is 0.241. The van der Waals surface area contributed by atoms with E-state index in [9.17, 15) is 10.1 Å². The minimum atomic E-state index is -0.241. The van der Waals surface area contributed by atoms with Gasteiger partial charge in [-0.25, -0.2) is 0 Å². The maximum Gasteiger partial charge on any atom is 0.269 e. The quantitative estimate of drug-likeness (QED) is 0.916. The summed E-state index contributed by atoms with van der Waals surface area (Å²) in [7, 11) is 1.60. The number of benzene rings is 1. The predicted octanol–water partition coefficient (Wildman–Crippen LogP) is 2.50. The van der Waals surface area contributed by atoms with Crippen molar-refractivity contribution in [3.8, 4) is 17.5 Å². The van der Waals surface area contributed by atoms with Crippen molar-refractivity contribution in [2.45, 2.75) is 13.3 Å². The molecule has 0 aliphatic heterocycles. The summed E-state index contributed by atoms with van der Waals surface area (Å²) in [6.45, 7) is 2.56. The van der Waals surface area contributed by atoms with Crippen molar-refractivity contribution in [3.63, 3.8) is 0 Å². The number of amides is 1. The first-order valence-corrected chi connectivity index (χ1v) is 6.75. The van der Waals surface area contributed by atoms with E-state index in [0.717, 1.165) is 17.9 Å². The van der Waals surface area contributed by atoms with Gasteiger partial charge in [0, 0.05) is 18.4 Å². The number of nitrogens with zero attached hydrogens (tertiary/aromatic N) is 2. The van der Waals surface area contributed by atoms with Gasteiger partial charge in [0.15, 0.2) is 0 Å². The molecule has 5 nitrogen and oxygen atoms in total. The number of nitriles is 1. The van der Waals surface area contributed by atoms with Crippen molar-refractivity contribution < 1.29 is 9.53 Å². The van der Waals surface area contributed by atoms with Gasteiger partial charge < -0.3 is 14.6 Å². The fourth-order valence-corrected chi connectivity index (χ4v) is 2.03. The van der Waals surface area contributed by atoms with Crippen LogP contribution in [0.15, 0.2) is 36.5 Å². The first kappa shape index (κ1) is 14.7. The Morgan fingerprint density at radius 2 is 2.05 bits per heavy atom. The van der Waals surface area contributed by atoms with Crippen LogP contribution in [-0.2, 0) is 0 Å². The SMILES string of the molecule is CCCNC(=O)c1c(C#N)ccn1-c1ccc(OC)cc1. The van der Waals surface area contributed by atoms with Crippen molar-refractivity contribution >= 4 is 5.91 Å². The zero-order valence-corrected chi connectivity index (χ0v) is 12.1. The predicted molar refractivity (Wildman–Crippen MR) is 79.7 cm³/mol.